The topological polar surface area (TPSA) is 84.0 Å². The minimum atomic E-state index is -4.73. The van der Waals surface area contributed by atoms with E-state index in [4.69, 9.17) is 11.6 Å². The molecule has 13 heteroatoms. The molecule has 0 unspecified atom stereocenters. The summed E-state index contributed by atoms with van der Waals surface area (Å²) in [5.74, 6) is -2.38. The van der Waals surface area contributed by atoms with Gasteiger partial charge in [0.15, 0.2) is 0 Å². The molecular formula is C14H7ClF6N4O2. The monoisotopic (exact) mass is 412 g/mol. The van der Waals surface area contributed by atoms with Gasteiger partial charge in [0, 0.05) is 12.4 Å². The van der Waals surface area contributed by atoms with Gasteiger partial charge in [-0.2, -0.15) is 26.3 Å². The molecule has 0 saturated carbocycles. The fourth-order valence-corrected chi connectivity index (χ4v) is 1.98. The number of hydrogen-bond donors (Lipinski definition) is 2. The third kappa shape index (κ3) is 5.06. The average Bonchev–Trinajstić information content (AvgIpc) is 2.57. The first-order valence-corrected chi connectivity index (χ1v) is 7.14. The van der Waals surface area contributed by atoms with E-state index >= 15 is 0 Å². The van der Waals surface area contributed by atoms with Crippen molar-refractivity contribution in [2.45, 2.75) is 12.4 Å². The normalized spacial score (nSPS) is 11.8. The molecule has 0 aromatic carbocycles. The highest BCUT2D eigenvalue weighted by atomic mass is 35.5. The molecule has 0 aliphatic carbocycles. The van der Waals surface area contributed by atoms with Gasteiger partial charge in [0.1, 0.15) is 11.4 Å². The molecule has 0 radical (unpaired) electrons. The lowest BCUT2D eigenvalue weighted by atomic mass is 10.2. The molecule has 6 nitrogen and oxygen atoms in total. The number of nitrogens with zero attached hydrogens (tertiary/aromatic N) is 2. The number of alkyl halides is 6. The van der Waals surface area contributed by atoms with Crippen LogP contribution in [0.1, 0.15) is 32.1 Å². The van der Waals surface area contributed by atoms with Crippen LogP contribution in [0, 0.1) is 0 Å². The number of halogens is 7. The molecule has 0 spiro atoms. The highest BCUT2D eigenvalue weighted by molar-refractivity contribution is 6.33. The molecule has 2 N–H and O–H groups in total. The Morgan fingerprint density at radius 3 is 2.04 bits per heavy atom. The average molecular weight is 413 g/mol. The molecule has 0 bridgehead atoms. The molecular weight excluding hydrogens is 406 g/mol. The van der Waals surface area contributed by atoms with Crippen LogP contribution in [0.3, 0.4) is 0 Å². The van der Waals surface area contributed by atoms with Gasteiger partial charge in [-0.05, 0) is 18.2 Å². The zero-order valence-corrected chi connectivity index (χ0v) is 13.5. The van der Waals surface area contributed by atoms with Crippen LogP contribution in [0.5, 0.6) is 0 Å². The molecule has 144 valence electrons. The van der Waals surface area contributed by atoms with Crippen molar-refractivity contribution in [1.29, 1.82) is 0 Å². The summed E-state index contributed by atoms with van der Waals surface area (Å²) in [6, 6.07) is 1.55. The Bertz CT molecular complexity index is 885. The first-order chi connectivity index (χ1) is 12.4. The largest absolute Gasteiger partial charge is 0.417 e. The van der Waals surface area contributed by atoms with E-state index in [1.165, 1.54) is 0 Å². The Morgan fingerprint density at radius 1 is 0.889 bits per heavy atom. The van der Waals surface area contributed by atoms with E-state index in [0.29, 0.717) is 24.4 Å². The summed E-state index contributed by atoms with van der Waals surface area (Å²) in [7, 11) is 0. The minimum absolute atomic E-state index is 0.358. The smallest absolute Gasteiger partial charge is 0.266 e. The summed E-state index contributed by atoms with van der Waals surface area (Å²) >= 11 is 5.56. The van der Waals surface area contributed by atoms with Crippen molar-refractivity contribution in [1.82, 2.24) is 20.8 Å². The first kappa shape index (κ1) is 20.4. The summed E-state index contributed by atoms with van der Waals surface area (Å²) < 4.78 is 75.3. The van der Waals surface area contributed by atoms with Gasteiger partial charge in [0.25, 0.3) is 11.8 Å². The van der Waals surface area contributed by atoms with Crippen molar-refractivity contribution < 1.29 is 35.9 Å². The van der Waals surface area contributed by atoms with Gasteiger partial charge < -0.3 is 0 Å². The van der Waals surface area contributed by atoms with Crippen LogP contribution >= 0.6 is 11.6 Å². The third-order valence-electron chi connectivity index (χ3n) is 2.99. The summed E-state index contributed by atoms with van der Waals surface area (Å²) in [6.07, 6.45) is -8.33. The molecule has 0 aliphatic rings. The lowest BCUT2D eigenvalue weighted by Crippen LogP contribution is -2.42. The zero-order valence-electron chi connectivity index (χ0n) is 12.7. The van der Waals surface area contributed by atoms with E-state index in [1.807, 2.05) is 0 Å². The number of carbonyl (C=O) groups is 2. The van der Waals surface area contributed by atoms with Gasteiger partial charge in [-0.3, -0.25) is 25.4 Å². The van der Waals surface area contributed by atoms with Crippen molar-refractivity contribution in [3.8, 4) is 0 Å². The highest BCUT2D eigenvalue weighted by Gasteiger charge is 2.33. The SMILES string of the molecule is O=C(NNC(=O)c1ncc(C(F)(F)F)cc1Cl)c1cc(C(F)(F)F)ccn1. The van der Waals surface area contributed by atoms with Crippen molar-refractivity contribution >= 4 is 23.4 Å². The van der Waals surface area contributed by atoms with Crippen molar-refractivity contribution in [3.63, 3.8) is 0 Å². The van der Waals surface area contributed by atoms with E-state index in [2.05, 4.69) is 9.97 Å². The van der Waals surface area contributed by atoms with Crippen LogP contribution in [0.4, 0.5) is 26.3 Å². The Labute approximate surface area is 151 Å². The molecule has 0 atom stereocenters. The van der Waals surface area contributed by atoms with Crippen molar-refractivity contribution in [2.75, 3.05) is 0 Å². The third-order valence-corrected chi connectivity index (χ3v) is 3.28. The number of nitrogens with one attached hydrogen (secondary N) is 2. The maximum absolute atomic E-state index is 12.6. The molecule has 2 aromatic rings. The lowest BCUT2D eigenvalue weighted by Gasteiger charge is -2.11. The molecule has 2 aromatic heterocycles. The molecule has 0 saturated heterocycles. The number of hydrogen-bond acceptors (Lipinski definition) is 4. The maximum Gasteiger partial charge on any atom is 0.417 e. The van der Waals surface area contributed by atoms with Gasteiger partial charge in [-0.1, -0.05) is 11.6 Å². The van der Waals surface area contributed by atoms with Gasteiger partial charge in [0.05, 0.1) is 16.1 Å². The predicted octanol–water partition coefficient (Wildman–Crippen LogP) is 3.24. The Hall–Kier alpha value is -2.89. The second-order valence-corrected chi connectivity index (χ2v) is 5.30. The fourth-order valence-electron chi connectivity index (χ4n) is 1.73. The van der Waals surface area contributed by atoms with Gasteiger partial charge in [0.2, 0.25) is 0 Å². The van der Waals surface area contributed by atoms with Crippen LogP contribution < -0.4 is 10.9 Å². The molecule has 2 amide bonds. The first-order valence-electron chi connectivity index (χ1n) is 6.76. The molecule has 0 aliphatic heterocycles. The predicted molar refractivity (Wildman–Crippen MR) is 78.4 cm³/mol. The van der Waals surface area contributed by atoms with E-state index in [-0.39, 0.29) is 0 Å². The number of amides is 2. The number of aromatic nitrogens is 2. The van der Waals surface area contributed by atoms with Crippen LogP contribution in [0.25, 0.3) is 0 Å². The lowest BCUT2D eigenvalue weighted by molar-refractivity contribution is -0.138. The summed E-state index contributed by atoms with van der Waals surface area (Å²) in [5, 5.41) is -0.645. The summed E-state index contributed by atoms with van der Waals surface area (Å²) in [6.45, 7) is 0. The quantitative estimate of drug-likeness (QED) is 0.586. The second-order valence-electron chi connectivity index (χ2n) is 4.89. The second kappa shape index (κ2) is 7.39. The highest BCUT2D eigenvalue weighted by Crippen LogP contribution is 2.31. The summed E-state index contributed by atoms with van der Waals surface area (Å²) in [5.41, 5.74) is -0.0986. The summed E-state index contributed by atoms with van der Waals surface area (Å²) in [4.78, 5) is 30.3. The Morgan fingerprint density at radius 2 is 1.48 bits per heavy atom. The van der Waals surface area contributed by atoms with Crippen LogP contribution in [0.15, 0.2) is 30.6 Å². The molecule has 0 fully saturated rings. The van der Waals surface area contributed by atoms with Crippen LogP contribution in [-0.4, -0.2) is 21.8 Å². The standard InChI is InChI=1S/C14H7ClF6N4O2/c15-8-3-7(14(19,20)21)5-23-10(8)12(27)25-24-11(26)9-4-6(1-2-22-9)13(16,17)18/h1-5H,(H,24,26)(H,25,27). The number of rotatable bonds is 2. The zero-order chi connectivity index (χ0) is 20.4. The maximum atomic E-state index is 12.6. The van der Waals surface area contributed by atoms with E-state index in [9.17, 15) is 35.9 Å². The number of hydrazine groups is 1. The molecule has 2 rings (SSSR count). The minimum Gasteiger partial charge on any atom is -0.266 e. The van der Waals surface area contributed by atoms with Crippen LogP contribution in [0.2, 0.25) is 5.02 Å². The van der Waals surface area contributed by atoms with Crippen LogP contribution in [-0.2, 0) is 12.4 Å². The molecule has 2 heterocycles. The van der Waals surface area contributed by atoms with Crippen molar-refractivity contribution in [3.05, 3.63) is 58.1 Å². The Kier molecular flexibility index (Phi) is 5.59. The van der Waals surface area contributed by atoms with Crippen molar-refractivity contribution in [2.24, 2.45) is 0 Å². The number of carbonyl (C=O) groups excluding carboxylic acids is 2. The van der Waals surface area contributed by atoms with E-state index < -0.39 is 51.7 Å². The van der Waals surface area contributed by atoms with Gasteiger partial charge in [-0.25, -0.2) is 4.98 Å². The fraction of sp³-hybridized carbons (Fsp3) is 0.143. The van der Waals surface area contributed by atoms with Gasteiger partial charge in [-0.15, -0.1) is 0 Å². The van der Waals surface area contributed by atoms with E-state index in [0.717, 1.165) is 6.20 Å². The Balaban J connectivity index is 2.09. The molecule has 27 heavy (non-hydrogen) atoms. The van der Waals surface area contributed by atoms with Gasteiger partial charge >= 0.3 is 12.4 Å². The van der Waals surface area contributed by atoms with E-state index in [1.54, 1.807) is 10.9 Å². The number of pyridine rings is 2.